The van der Waals surface area contributed by atoms with Gasteiger partial charge in [-0.05, 0) is 49.4 Å². The van der Waals surface area contributed by atoms with Crippen molar-refractivity contribution in [1.29, 1.82) is 0 Å². The minimum atomic E-state index is 0.0204. The summed E-state index contributed by atoms with van der Waals surface area (Å²) in [5, 5.41) is 6.18. The molecular weight excluding hydrogens is 338 g/mol. The number of carbonyl (C=O) groups excluding carboxylic acids is 1. The second-order valence-corrected chi connectivity index (χ2v) is 7.54. The van der Waals surface area contributed by atoms with E-state index >= 15 is 0 Å². The molecule has 2 aromatic rings. The fourth-order valence-corrected chi connectivity index (χ4v) is 3.09. The van der Waals surface area contributed by atoms with Gasteiger partial charge in [0.15, 0.2) is 0 Å². The van der Waals surface area contributed by atoms with Crippen molar-refractivity contribution in [2.45, 2.75) is 20.3 Å². The second-order valence-electron chi connectivity index (χ2n) is 7.54. The first-order chi connectivity index (χ1) is 13.0. The van der Waals surface area contributed by atoms with E-state index in [1.165, 1.54) is 5.69 Å². The van der Waals surface area contributed by atoms with Crippen LogP contribution in [0.1, 0.15) is 20.3 Å². The number of hydrogen-bond donors (Lipinski definition) is 2. The predicted molar refractivity (Wildman–Crippen MR) is 112 cm³/mol. The highest BCUT2D eigenvalue weighted by Gasteiger charge is 2.14. The SMILES string of the molecule is CC(C)CC(=O)Nc1ccc(Nc2ccc(N3CCN(C)CC3)cc2)nc1. The molecule has 6 nitrogen and oxygen atoms in total. The van der Waals surface area contributed by atoms with Gasteiger partial charge in [0, 0.05) is 44.0 Å². The van der Waals surface area contributed by atoms with Crippen LogP contribution in [0.3, 0.4) is 0 Å². The van der Waals surface area contributed by atoms with Gasteiger partial charge in [0.25, 0.3) is 0 Å². The number of piperazine rings is 1. The van der Waals surface area contributed by atoms with Crippen molar-refractivity contribution in [2.24, 2.45) is 5.92 Å². The molecule has 6 heteroatoms. The van der Waals surface area contributed by atoms with Crippen LogP contribution in [-0.2, 0) is 4.79 Å². The van der Waals surface area contributed by atoms with E-state index < -0.39 is 0 Å². The molecule has 0 saturated carbocycles. The van der Waals surface area contributed by atoms with Gasteiger partial charge in [0.05, 0.1) is 11.9 Å². The zero-order valence-electron chi connectivity index (χ0n) is 16.4. The van der Waals surface area contributed by atoms with Crippen molar-refractivity contribution in [3.05, 3.63) is 42.6 Å². The number of pyridine rings is 1. The van der Waals surface area contributed by atoms with E-state index in [9.17, 15) is 4.79 Å². The lowest BCUT2D eigenvalue weighted by atomic mass is 10.1. The van der Waals surface area contributed by atoms with Gasteiger partial charge in [-0.25, -0.2) is 4.98 Å². The van der Waals surface area contributed by atoms with E-state index in [1.807, 2.05) is 26.0 Å². The fourth-order valence-electron chi connectivity index (χ4n) is 3.09. The molecule has 144 valence electrons. The lowest BCUT2D eigenvalue weighted by Gasteiger charge is -2.34. The normalized spacial score (nSPS) is 15.0. The van der Waals surface area contributed by atoms with Gasteiger partial charge in [-0.2, -0.15) is 0 Å². The number of likely N-dealkylation sites (N-methyl/N-ethyl adjacent to an activating group) is 1. The first-order valence-corrected chi connectivity index (χ1v) is 9.56. The number of amides is 1. The fraction of sp³-hybridized carbons (Fsp3) is 0.429. The summed E-state index contributed by atoms with van der Waals surface area (Å²) in [5.74, 6) is 1.11. The van der Waals surface area contributed by atoms with Gasteiger partial charge in [0.2, 0.25) is 5.91 Å². The van der Waals surface area contributed by atoms with Crippen LogP contribution in [0.15, 0.2) is 42.6 Å². The third kappa shape index (κ3) is 5.69. The maximum Gasteiger partial charge on any atom is 0.224 e. The Hall–Kier alpha value is -2.60. The number of nitrogens with zero attached hydrogens (tertiary/aromatic N) is 3. The minimum absolute atomic E-state index is 0.0204. The predicted octanol–water partition coefficient (Wildman–Crippen LogP) is 3.56. The average molecular weight is 367 g/mol. The lowest BCUT2D eigenvalue weighted by molar-refractivity contribution is -0.116. The molecule has 0 radical (unpaired) electrons. The smallest absolute Gasteiger partial charge is 0.224 e. The summed E-state index contributed by atoms with van der Waals surface area (Å²) >= 11 is 0. The minimum Gasteiger partial charge on any atom is -0.369 e. The molecule has 27 heavy (non-hydrogen) atoms. The molecule has 2 heterocycles. The summed E-state index contributed by atoms with van der Waals surface area (Å²) in [7, 11) is 2.17. The van der Waals surface area contributed by atoms with Crippen molar-refractivity contribution >= 4 is 28.8 Å². The Balaban J connectivity index is 1.55. The third-order valence-electron chi connectivity index (χ3n) is 4.65. The van der Waals surface area contributed by atoms with Crippen LogP contribution in [0.5, 0.6) is 0 Å². The molecule has 1 aromatic carbocycles. The molecule has 0 bridgehead atoms. The maximum absolute atomic E-state index is 11.8. The summed E-state index contributed by atoms with van der Waals surface area (Å²) in [4.78, 5) is 21.0. The standard InChI is InChI=1S/C21H29N5O/c1-16(2)14-21(27)24-18-6-9-20(22-15-18)23-17-4-7-19(8-5-17)26-12-10-25(3)11-13-26/h4-9,15-16H,10-14H2,1-3H3,(H,22,23)(H,24,27). The molecule has 1 aromatic heterocycles. The summed E-state index contributed by atoms with van der Waals surface area (Å²) in [6, 6.07) is 12.2. The van der Waals surface area contributed by atoms with Crippen molar-refractivity contribution in [2.75, 3.05) is 48.8 Å². The van der Waals surface area contributed by atoms with Gasteiger partial charge in [-0.15, -0.1) is 0 Å². The molecule has 1 saturated heterocycles. The van der Waals surface area contributed by atoms with Crippen LogP contribution in [0.4, 0.5) is 22.9 Å². The van der Waals surface area contributed by atoms with E-state index in [-0.39, 0.29) is 5.91 Å². The molecule has 0 unspecified atom stereocenters. The molecule has 3 rings (SSSR count). The van der Waals surface area contributed by atoms with Crippen molar-refractivity contribution < 1.29 is 4.79 Å². The molecule has 1 aliphatic heterocycles. The van der Waals surface area contributed by atoms with Crippen LogP contribution in [0, 0.1) is 5.92 Å². The highest BCUT2D eigenvalue weighted by Crippen LogP contribution is 2.22. The van der Waals surface area contributed by atoms with Crippen LogP contribution in [0.25, 0.3) is 0 Å². The van der Waals surface area contributed by atoms with Crippen LogP contribution < -0.4 is 15.5 Å². The van der Waals surface area contributed by atoms with Gasteiger partial charge in [-0.1, -0.05) is 13.8 Å². The molecular formula is C21H29N5O. The van der Waals surface area contributed by atoms with Crippen molar-refractivity contribution in [3.63, 3.8) is 0 Å². The number of benzene rings is 1. The summed E-state index contributed by atoms with van der Waals surface area (Å²) in [6.45, 7) is 8.39. The second kappa shape index (κ2) is 8.86. The highest BCUT2D eigenvalue weighted by molar-refractivity contribution is 5.90. The maximum atomic E-state index is 11.8. The molecule has 0 atom stereocenters. The van der Waals surface area contributed by atoms with Crippen LogP contribution >= 0.6 is 0 Å². The number of nitrogens with one attached hydrogen (secondary N) is 2. The zero-order valence-corrected chi connectivity index (χ0v) is 16.4. The molecule has 1 fully saturated rings. The Kier molecular flexibility index (Phi) is 6.29. The number of aromatic nitrogens is 1. The van der Waals surface area contributed by atoms with Crippen molar-refractivity contribution in [3.8, 4) is 0 Å². The lowest BCUT2D eigenvalue weighted by Crippen LogP contribution is -2.44. The third-order valence-corrected chi connectivity index (χ3v) is 4.65. The zero-order chi connectivity index (χ0) is 19.2. The summed E-state index contributed by atoms with van der Waals surface area (Å²) < 4.78 is 0. The summed E-state index contributed by atoms with van der Waals surface area (Å²) in [6.07, 6.45) is 2.19. The van der Waals surface area contributed by atoms with Gasteiger partial charge >= 0.3 is 0 Å². The van der Waals surface area contributed by atoms with Crippen LogP contribution in [0.2, 0.25) is 0 Å². The Bertz CT molecular complexity index is 734. The van der Waals surface area contributed by atoms with E-state index in [4.69, 9.17) is 0 Å². The quantitative estimate of drug-likeness (QED) is 0.817. The Morgan fingerprint density at radius 1 is 1.04 bits per heavy atom. The largest absolute Gasteiger partial charge is 0.369 e. The molecule has 0 spiro atoms. The molecule has 0 aliphatic carbocycles. The Labute approximate surface area is 161 Å². The van der Waals surface area contributed by atoms with Crippen molar-refractivity contribution in [1.82, 2.24) is 9.88 Å². The van der Waals surface area contributed by atoms with E-state index in [1.54, 1.807) is 6.20 Å². The number of anilines is 4. The van der Waals surface area contributed by atoms with Crippen LogP contribution in [-0.4, -0.2) is 49.0 Å². The van der Waals surface area contributed by atoms with Gasteiger partial charge in [0.1, 0.15) is 5.82 Å². The van der Waals surface area contributed by atoms with E-state index in [0.717, 1.165) is 43.4 Å². The highest BCUT2D eigenvalue weighted by atomic mass is 16.1. The molecule has 1 amide bonds. The number of rotatable bonds is 6. The first kappa shape index (κ1) is 19.2. The van der Waals surface area contributed by atoms with E-state index in [2.05, 4.69) is 56.7 Å². The monoisotopic (exact) mass is 367 g/mol. The summed E-state index contributed by atoms with van der Waals surface area (Å²) in [5.41, 5.74) is 2.97. The molecule has 2 N–H and O–H groups in total. The Morgan fingerprint density at radius 2 is 1.70 bits per heavy atom. The van der Waals surface area contributed by atoms with Gasteiger partial charge < -0.3 is 20.4 Å². The first-order valence-electron chi connectivity index (χ1n) is 9.56. The number of hydrogen-bond acceptors (Lipinski definition) is 5. The van der Waals surface area contributed by atoms with E-state index in [0.29, 0.717) is 12.3 Å². The number of carbonyl (C=O) groups is 1. The topological polar surface area (TPSA) is 60.5 Å². The van der Waals surface area contributed by atoms with Gasteiger partial charge in [-0.3, -0.25) is 4.79 Å². The molecule has 1 aliphatic rings. The Morgan fingerprint density at radius 3 is 2.30 bits per heavy atom. The average Bonchev–Trinajstić information content (AvgIpc) is 2.64.